The zero-order valence-corrected chi connectivity index (χ0v) is 15.9. The molecule has 4 heteroatoms. The van der Waals surface area contributed by atoms with Gasteiger partial charge in [0.2, 0.25) is 0 Å². The van der Waals surface area contributed by atoms with E-state index in [2.05, 4.69) is 57.9 Å². The lowest BCUT2D eigenvalue weighted by Crippen LogP contribution is -2.47. The highest BCUT2D eigenvalue weighted by Crippen LogP contribution is 2.40. The molecule has 4 nitrogen and oxygen atoms in total. The van der Waals surface area contributed by atoms with E-state index in [-0.39, 0.29) is 5.41 Å². The van der Waals surface area contributed by atoms with Gasteiger partial charge in [0.1, 0.15) is 0 Å². The minimum atomic E-state index is 0.268. The van der Waals surface area contributed by atoms with Crippen molar-refractivity contribution in [1.82, 2.24) is 15.5 Å². The van der Waals surface area contributed by atoms with E-state index >= 15 is 0 Å². The third-order valence-electron chi connectivity index (χ3n) is 6.04. The molecule has 1 aromatic rings. The Hall–Kier alpha value is -1.55. The average Bonchev–Trinajstić information content (AvgIpc) is 3.13. The van der Waals surface area contributed by atoms with Crippen molar-refractivity contribution in [2.75, 3.05) is 40.3 Å². The lowest BCUT2D eigenvalue weighted by molar-refractivity contribution is 0.210. The van der Waals surface area contributed by atoms with Crippen molar-refractivity contribution < 1.29 is 0 Å². The van der Waals surface area contributed by atoms with E-state index in [4.69, 9.17) is 0 Å². The first-order chi connectivity index (χ1) is 12.2. The Balaban J connectivity index is 1.54. The van der Waals surface area contributed by atoms with E-state index in [1.807, 2.05) is 7.05 Å². The van der Waals surface area contributed by atoms with Crippen LogP contribution in [0.4, 0.5) is 0 Å². The summed E-state index contributed by atoms with van der Waals surface area (Å²) in [6, 6.07) is 11.0. The fraction of sp³-hybridized carbons (Fsp3) is 0.667. The number of benzene rings is 1. The van der Waals surface area contributed by atoms with Gasteiger partial charge in [-0.15, -0.1) is 0 Å². The standard InChI is InChI=1S/C21H34N4/c1-22-20(23-15-18-9-8-14-25(2)16-18)24-17-21(12-6-7-13-21)19-10-4-3-5-11-19/h3-5,10-11,18H,6-9,12-17H2,1-2H3,(H2,22,23,24). The summed E-state index contributed by atoms with van der Waals surface area (Å²) in [6.45, 7) is 4.42. The van der Waals surface area contributed by atoms with Gasteiger partial charge in [0.05, 0.1) is 0 Å². The van der Waals surface area contributed by atoms with Crippen LogP contribution in [-0.4, -0.2) is 51.1 Å². The van der Waals surface area contributed by atoms with Crippen molar-refractivity contribution in [1.29, 1.82) is 0 Å². The van der Waals surface area contributed by atoms with E-state index in [9.17, 15) is 0 Å². The van der Waals surface area contributed by atoms with Crippen molar-refractivity contribution in [3.8, 4) is 0 Å². The molecule has 1 saturated carbocycles. The van der Waals surface area contributed by atoms with Crippen molar-refractivity contribution in [3.05, 3.63) is 35.9 Å². The molecule has 0 amide bonds. The number of piperidine rings is 1. The molecule has 1 aromatic carbocycles. The number of hydrogen-bond donors (Lipinski definition) is 2. The number of guanidine groups is 1. The van der Waals surface area contributed by atoms with E-state index in [1.54, 1.807) is 0 Å². The summed E-state index contributed by atoms with van der Waals surface area (Å²) in [7, 11) is 4.11. The highest BCUT2D eigenvalue weighted by molar-refractivity contribution is 5.79. The maximum Gasteiger partial charge on any atom is 0.191 e. The Morgan fingerprint density at radius 1 is 1.16 bits per heavy atom. The van der Waals surface area contributed by atoms with Crippen LogP contribution >= 0.6 is 0 Å². The summed E-state index contributed by atoms with van der Waals surface area (Å²) in [6.07, 6.45) is 7.84. The van der Waals surface area contributed by atoms with Crippen LogP contribution in [0.15, 0.2) is 35.3 Å². The first-order valence-electron chi connectivity index (χ1n) is 9.90. The quantitative estimate of drug-likeness (QED) is 0.638. The molecule has 1 unspecified atom stereocenters. The van der Waals surface area contributed by atoms with Crippen LogP contribution in [0.5, 0.6) is 0 Å². The fourth-order valence-electron chi connectivity index (χ4n) is 4.57. The molecule has 0 spiro atoms. The SMILES string of the molecule is CN=C(NCC1CCCN(C)C1)NCC1(c2ccccc2)CCCC1. The van der Waals surface area contributed by atoms with Crippen LogP contribution in [0.2, 0.25) is 0 Å². The Morgan fingerprint density at radius 2 is 1.92 bits per heavy atom. The first kappa shape index (κ1) is 18.2. The van der Waals surface area contributed by atoms with Crippen LogP contribution in [-0.2, 0) is 5.41 Å². The summed E-state index contributed by atoms with van der Waals surface area (Å²) >= 11 is 0. The van der Waals surface area contributed by atoms with Crippen LogP contribution in [0.25, 0.3) is 0 Å². The minimum Gasteiger partial charge on any atom is -0.356 e. The van der Waals surface area contributed by atoms with Crippen molar-refractivity contribution in [3.63, 3.8) is 0 Å². The van der Waals surface area contributed by atoms with Crippen LogP contribution in [0, 0.1) is 5.92 Å². The number of nitrogens with zero attached hydrogens (tertiary/aromatic N) is 2. The molecule has 3 rings (SSSR count). The Morgan fingerprint density at radius 3 is 2.60 bits per heavy atom. The molecular formula is C21H34N4. The highest BCUT2D eigenvalue weighted by Gasteiger charge is 2.35. The zero-order chi connectivity index (χ0) is 17.5. The Bertz CT molecular complexity index is 548. The predicted octanol–water partition coefficient (Wildman–Crippen LogP) is 3.01. The second-order valence-electron chi connectivity index (χ2n) is 7.93. The second kappa shape index (κ2) is 8.70. The van der Waals surface area contributed by atoms with Gasteiger partial charge < -0.3 is 15.5 Å². The normalized spacial score (nSPS) is 24.2. The number of aliphatic imine (C=N–C) groups is 1. The van der Waals surface area contributed by atoms with E-state index in [0.29, 0.717) is 0 Å². The molecule has 25 heavy (non-hydrogen) atoms. The second-order valence-corrected chi connectivity index (χ2v) is 7.93. The van der Waals surface area contributed by atoms with Gasteiger partial charge in [-0.05, 0) is 50.8 Å². The third kappa shape index (κ3) is 4.75. The van der Waals surface area contributed by atoms with Crippen molar-refractivity contribution in [2.45, 2.75) is 43.9 Å². The zero-order valence-electron chi connectivity index (χ0n) is 15.9. The molecule has 1 saturated heterocycles. The molecular weight excluding hydrogens is 308 g/mol. The van der Waals surface area contributed by atoms with Crippen molar-refractivity contribution >= 4 is 5.96 Å². The van der Waals surface area contributed by atoms with Gasteiger partial charge in [0, 0.05) is 32.1 Å². The molecule has 1 aliphatic heterocycles. The summed E-state index contributed by atoms with van der Waals surface area (Å²) in [5, 5.41) is 7.19. The summed E-state index contributed by atoms with van der Waals surface area (Å²) in [5.41, 5.74) is 1.74. The van der Waals surface area contributed by atoms with Crippen LogP contribution in [0.1, 0.15) is 44.1 Å². The topological polar surface area (TPSA) is 39.7 Å². The number of hydrogen-bond acceptors (Lipinski definition) is 2. The molecule has 2 N–H and O–H groups in total. The van der Waals surface area contributed by atoms with Gasteiger partial charge in [0.15, 0.2) is 5.96 Å². The van der Waals surface area contributed by atoms with Crippen molar-refractivity contribution in [2.24, 2.45) is 10.9 Å². The monoisotopic (exact) mass is 342 g/mol. The molecule has 2 fully saturated rings. The first-order valence-corrected chi connectivity index (χ1v) is 9.90. The van der Waals surface area contributed by atoms with Gasteiger partial charge in [0.25, 0.3) is 0 Å². The van der Waals surface area contributed by atoms with Gasteiger partial charge >= 0.3 is 0 Å². The maximum atomic E-state index is 4.46. The largest absolute Gasteiger partial charge is 0.356 e. The summed E-state index contributed by atoms with van der Waals surface area (Å²) in [4.78, 5) is 6.90. The fourth-order valence-corrected chi connectivity index (χ4v) is 4.57. The average molecular weight is 343 g/mol. The van der Waals surface area contributed by atoms with Gasteiger partial charge in [-0.3, -0.25) is 4.99 Å². The molecule has 0 radical (unpaired) electrons. The lowest BCUT2D eigenvalue weighted by Gasteiger charge is -2.32. The number of likely N-dealkylation sites (tertiary alicyclic amines) is 1. The van der Waals surface area contributed by atoms with E-state index in [0.717, 1.165) is 25.0 Å². The van der Waals surface area contributed by atoms with Crippen LogP contribution in [0.3, 0.4) is 0 Å². The Kier molecular flexibility index (Phi) is 6.35. The summed E-state index contributed by atoms with van der Waals surface area (Å²) < 4.78 is 0. The minimum absolute atomic E-state index is 0.268. The molecule has 138 valence electrons. The van der Waals surface area contributed by atoms with Gasteiger partial charge in [-0.1, -0.05) is 43.2 Å². The summed E-state index contributed by atoms with van der Waals surface area (Å²) in [5.74, 6) is 1.68. The molecule has 1 atom stereocenters. The van der Waals surface area contributed by atoms with Gasteiger partial charge in [-0.2, -0.15) is 0 Å². The molecule has 0 bridgehead atoms. The maximum absolute atomic E-state index is 4.46. The van der Waals surface area contributed by atoms with E-state index < -0.39 is 0 Å². The molecule has 2 aliphatic rings. The Labute approximate surface area is 153 Å². The highest BCUT2D eigenvalue weighted by atomic mass is 15.2. The third-order valence-corrected chi connectivity index (χ3v) is 6.04. The predicted molar refractivity (Wildman–Crippen MR) is 106 cm³/mol. The number of nitrogens with one attached hydrogen (secondary N) is 2. The lowest BCUT2D eigenvalue weighted by atomic mass is 9.79. The van der Waals surface area contributed by atoms with Gasteiger partial charge in [-0.25, -0.2) is 0 Å². The van der Waals surface area contributed by atoms with E-state index in [1.165, 1.54) is 57.2 Å². The smallest absolute Gasteiger partial charge is 0.191 e. The molecule has 1 heterocycles. The number of rotatable bonds is 5. The van der Waals surface area contributed by atoms with Crippen LogP contribution < -0.4 is 10.6 Å². The molecule has 0 aromatic heterocycles. The molecule has 1 aliphatic carbocycles.